The zero-order chi connectivity index (χ0) is 18.0. The Morgan fingerprint density at radius 2 is 2.04 bits per heavy atom. The van der Waals surface area contributed by atoms with Gasteiger partial charge in [0.05, 0.1) is 12.9 Å². The first-order valence-electron chi connectivity index (χ1n) is 9.04. The van der Waals surface area contributed by atoms with Crippen molar-refractivity contribution in [3.63, 3.8) is 0 Å². The van der Waals surface area contributed by atoms with Gasteiger partial charge in [-0.05, 0) is 38.5 Å². The van der Waals surface area contributed by atoms with E-state index in [1.807, 2.05) is 9.47 Å². The first kappa shape index (κ1) is 17.6. The number of aromatic nitrogens is 2. The number of hydrogen-bond donors (Lipinski definition) is 2. The topological polar surface area (TPSA) is 102 Å². The van der Waals surface area contributed by atoms with Crippen LogP contribution in [0.3, 0.4) is 0 Å². The zero-order valence-corrected chi connectivity index (χ0v) is 14.9. The highest BCUT2D eigenvalue weighted by Crippen LogP contribution is 2.28. The maximum Gasteiger partial charge on any atom is 0.360 e. The number of amides is 2. The minimum absolute atomic E-state index is 0.0289. The Hall–Kier alpha value is -2.25. The van der Waals surface area contributed by atoms with Crippen LogP contribution < -0.4 is 11.1 Å². The summed E-state index contributed by atoms with van der Waals surface area (Å²) in [6.07, 6.45) is 5.32. The number of carbonyl (C=O) groups is 2. The van der Waals surface area contributed by atoms with E-state index in [0.717, 1.165) is 25.7 Å². The summed E-state index contributed by atoms with van der Waals surface area (Å²) in [6.45, 7) is 5.58. The third kappa shape index (κ3) is 3.72. The number of nitrogens with one attached hydrogen (secondary N) is 1. The van der Waals surface area contributed by atoms with Crippen molar-refractivity contribution >= 4 is 17.8 Å². The third-order valence-electron chi connectivity index (χ3n) is 5.15. The van der Waals surface area contributed by atoms with E-state index in [0.29, 0.717) is 37.5 Å². The van der Waals surface area contributed by atoms with Crippen molar-refractivity contribution < 1.29 is 14.3 Å². The molecule has 0 radical (unpaired) electrons. The zero-order valence-electron chi connectivity index (χ0n) is 14.9. The van der Waals surface area contributed by atoms with Crippen LogP contribution in [0.25, 0.3) is 0 Å². The van der Waals surface area contributed by atoms with Gasteiger partial charge < -0.3 is 25.3 Å². The quantitative estimate of drug-likeness (QED) is 0.807. The molecule has 1 saturated carbocycles. The molecule has 3 N–H and O–H groups in total. The summed E-state index contributed by atoms with van der Waals surface area (Å²) < 4.78 is 6.79. The maximum atomic E-state index is 12.3. The molecule has 1 aliphatic heterocycles. The summed E-state index contributed by atoms with van der Waals surface area (Å²) in [7, 11) is 0. The van der Waals surface area contributed by atoms with Crippen molar-refractivity contribution in [2.24, 2.45) is 5.92 Å². The average Bonchev–Trinajstić information content (AvgIpc) is 2.95. The summed E-state index contributed by atoms with van der Waals surface area (Å²) in [4.78, 5) is 30.1. The number of anilines is 1. The van der Waals surface area contributed by atoms with E-state index in [1.165, 1.54) is 0 Å². The van der Waals surface area contributed by atoms with E-state index >= 15 is 0 Å². The fourth-order valence-corrected chi connectivity index (χ4v) is 3.65. The smallest absolute Gasteiger partial charge is 0.360 e. The summed E-state index contributed by atoms with van der Waals surface area (Å²) in [5.41, 5.74) is 6.24. The number of esters is 1. The third-order valence-corrected chi connectivity index (χ3v) is 5.15. The molecule has 8 nitrogen and oxygen atoms in total. The van der Waals surface area contributed by atoms with Crippen LogP contribution in [0.4, 0.5) is 10.6 Å². The van der Waals surface area contributed by atoms with Crippen molar-refractivity contribution in [3.8, 4) is 0 Å². The molecule has 8 heteroatoms. The molecular weight excluding hydrogens is 322 g/mol. The van der Waals surface area contributed by atoms with Crippen LogP contribution in [0.15, 0.2) is 6.33 Å². The van der Waals surface area contributed by atoms with E-state index < -0.39 is 5.97 Å². The van der Waals surface area contributed by atoms with Crippen molar-refractivity contribution in [1.82, 2.24) is 19.8 Å². The van der Waals surface area contributed by atoms with Crippen LogP contribution in [-0.4, -0.2) is 52.2 Å². The molecule has 1 aliphatic carbocycles. The molecule has 1 saturated heterocycles. The summed E-state index contributed by atoms with van der Waals surface area (Å²) in [5.74, 6) is 0.559. The number of ether oxygens (including phenoxy) is 1. The van der Waals surface area contributed by atoms with Crippen LogP contribution in [0.5, 0.6) is 0 Å². The van der Waals surface area contributed by atoms with E-state index in [4.69, 9.17) is 10.5 Å². The van der Waals surface area contributed by atoms with Gasteiger partial charge in [0.2, 0.25) is 0 Å². The van der Waals surface area contributed by atoms with E-state index in [1.54, 1.807) is 13.3 Å². The normalized spacial score (nSPS) is 23.8. The molecule has 0 atom stereocenters. The molecule has 1 aromatic rings. The van der Waals surface area contributed by atoms with Gasteiger partial charge >= 0.3 is 12.0 Å². The number of piperidine rings is 1. The Bertz CT molecular complexity index is 630. The SMILES string of the molecule is CCOC(=O)c1ncn(C2CCN(C(=O)NC3CC(C)C3)CC2)c1N. The average molecular weight is 349 g/mol. The summed E-state index contributed by atoms with van der Waals surface area (Å²) >= 11 is 0. The number of rotatable bonds is 4. The molecule has 25 heavy (non-hydrogen) atoms. The van der Waals surface area contributed by atoms with Gasteiger partial charge in [0, 0.05) is 25.2 Å². The second-order valence-electron chi connectivity index (χ2n) is 7.05. The molecule has 0 aromatic carbocycles. The number of nitrogens with two attached hydrogens (primary N) is 1. The van der Waals surface area contributed by atoms with E-state index in [-0.39, 0.29) is 17.8 Å². The van der Waals surface area contributed by atoms with Crippen LogP contribution in [-0.2, 0) is 4.74 Å². The van der Waals surface area contributed by atoms with Crippen LogP contribution in [0.2, 0.25) is 0 Å². The molecule has 0 unspecified atom stereocenters. The number of likely N-dealkylation sites (tertiary alicyclic amines) is 1. The minimum Gasteiger partial charge on any atom is -0.461 e. The molecule has 0 bridgehead atoms. The number of urea groups is 1. The Morgan fingerprint density at radius 1 is 1.36 bits per heavy atom. The molecule has 2 aliphatic rings. The predicted octanol–water partition coefficient (Wildman–Crippen LogP) is 1.79. The maximum absolute atomic E-state index is 12.3. The van der Waals surface area contributed by atoms with Gasteiger partial charge in [0.1, 0.15) is 5.82 Å². The fraction of sp³-hybridized carbons (Fsp3) is 0.706. The Balaban J connectivity index is 1.54. The largest absolute Gasteiger partial charge is 0.461 e. The summed E-state index contributed by atoms with van der Waals surface area (Å²) in [5, 5.41) is 3.10. The highest BCUT2D eigenvalue weighted by molar-refractivity contribution is 5.92. The molecule has 3 rings (SSSR count). The van der Waals surface area contributed by atoms with E-state index in [9.17, 15) is 9.59 Å². The standard InChI is InChI=1S/C17H27N5O3/c1-3-25-16(23)14-15(18)22(10-19-14)13-4-6-21(7-5-13)17(24)20-12-8-11(2)9-12/h10-13H,3-9,18H2,1-2H3,(H,20,24). The lowest BCUT2D eigenvalue weighted by atomic mass is 9.82. The van der Waals surface area contributed by atoms with E-state index in [2.05, 4.69) is 17.2 Å². The minimum atomic E-state index is -0.495. The molecule has 138 valence electrons. The first-order chi connectivity index (χ1) is 12.0. The van der Waals surface area contributed by atoms with Crippen LogP contribution in [0.1, 0.15) is 56.1 Å². The van der Waals surface area contributed by atoms with Crippen LogP contribution in [0, 0.1) is 5.92 Å². The number of carbonyl (C=O) groups excluding carboxylic acids is 2. The van der Waals surface area contributed by atoms with Gasteiger partial charge in [-0.25, -0.2) is 14.6 Å². The van der Waals surface area contributed by atoms with Gasteiger partial charge in [-0.1, -0.05) is 6.92 Å². The van der Waals surface area contributed by atoms with Gasteiger partial charge in [0.25, 0.3) is 0 Å². The Kier molecular flexibility index (Phi) is 5.15. The molecule has 2 heterocycles. The first-order valence-corrected chi connectivity index (χ1v) is 9.04. The molecule has 0 spiro atoms. The number of hydrogen-bond acceptors (Lipinski definition) is 5. The molecule has 2 amide bonds. The Morgan fingerprint density at radius 3 is 2.64 bits per heavy atom. The molecule has 2 fully saturated rings. The lowest BCUT2D eigenvalue weighted by Crippen LogP contribution is -2.51. The van der Waals surface area contributed by atoms with Crippen molar-refractivity contribution in [2.45, 2.75) is 51.6 Å². The second kappa shape index (κ2) is 7.33. The van der Waals surface area contributed by atoms with Gasteiger partial charge in [-0.15, -0.1) is 0 Å². The number of imidazole rings is 1. The van der Waals surface area contributed by atoms with Crippen molar-refractivity contribution in [2.75, 3.05) is 25.4 Å². The molecule has 1 aromatic heterocycles. The Labute approximate surface area is 147 Å². The van der Waals surface area contributed by atoms with Crippen molar-refractivity contribution in [1.29, 1.82) is 0 Å². The van der Waals surface area contributed by atoms with Gasteiger partial charge in [0.15, 0.2) is 5.69 Å². The number of nitrogen functional groups attached to an aromatic ring is 1. The number of nitrogens with zero attached hydrogens (tertiary/aromatic N) is 3. The predicted molar refractivity (Wildman–Crippen MR) is 93.2 cm³/mol. The van der Waals surface area contributed by atoms with Crippen LogP contribution >= 0.6 is 0 Å². The van der Waals surface area contributed by atoms with Crippen molar-refractivity contribution in [3.05, 3.63) is 12.0 Å². The lowest BCUT2D eigenvalue weighted by molar-refractivity contribution is 0.0521. The monoisotopic (exact) mass is 349 g/mol. The second-order valence-corrected chi connectivity index (χ2v) is 7.05. The highest BCUT2D eigenvalue weighted by Gasteiger charge is 2.31. The molecular formula is C17H27N5O3. The lowest BCUT2D eigenvalue weighted by Gasteiger charge is -2.37. The summed E-state index contributed by atoms with van der Waals surface area (Å²) in [6, 6.07) is 0.501. The van der Waals surface area contributed by atoms with Gasteiger partial charge in [-0.3, -0.25) is 0 Å². The fourth-order valence-electron chi connectivity index (χ4n) is 3.65. The van der Waals surface area contributed by atoms with Gasteiger partial charge in [-0.2, -0.15) is 0 Å². The highest BCUT2D eigenvalue weighted by atomic mass is 16.5.